The minimum atomic E-state index is -0.449. The highest BCUT2D eigenvalue weighted by atomic mass is 16.3. The van der Waals surface area contributed by atoms with Crippen LogP contribution in [0.15, 0.2) is 52.1 Å². The van der Waals surface area contributed by atoms with Crippen molar-refractivity contribution in [1.82, 2.24) is 14.5 Å². The number of hydrogen-bond acceptors (Lipinski definition) is 5. The van der Waals surface area contributed by atoms with Crippen LogP contribution in [0.4, 0.5) is 5.69 Å². The number of likely N-dealkylation sites (tertiary alicyclic amines) is 1. The Morgan fingerprint density at radius 2 is 2.13 bits per heavy atom. The van der Waals surface area contributed by atoms with Gasteiger partial charge in [-0.25, -0.2) is 4.98 Å². The number of carbonyl (C=O) groups excluding carboxylic acids is 2. The van der Waals surface area contributed by atoms with E-state index in [1.54, 1.807) is 52.4 Å². The predicted molar refractivity (Wildman–Crippen MR) is 112 cm³/mol. The molecule has 3 aromatic rings. The second-order valence-corrected chi connectivity index (χ2v) is 8.07. The summed E-state index contributed by atoms with van der Waals surface area (Å²) >= 11 is 0. The largest absolute Gasteiger partial charge is 0.467 e. The van der Waals surface area contributed by atoms with E-state index in [-0.39, 0.29) is 23.8 Å². The van der Waals surface area contributed by atoms with Gasteiger partial charge in [0.15, 0.2) is 0 Å². The van der Waals surface area contributed by atoms with Crippen molar-refractivity contribution in [3.8, 4) is 0 Å². The lowest BCUT2D eigenvalue weighted by atomic mass is 10.1. The molecule has 1 atom stereocenters. The summed E-state index contributed by atoms with van der Waals surface area (Å²) in [6.07, 6.45) is 3.27. The van der Waals surface area contributed by atoms with Gasteiger partial charge >= 0.3 is 0 Å². The van der Waals surface area contributed by atoms with Crippen LogP contribution >= 0.6 is 0 Å². The number of aromatic nitrogens is 2. The molecule has 1 aliphatic heterocycles. The van der Waals surface area contributed by atoms with E-state index in [0.717, 1.165) is 0 Å². The Hall–Kier alpha value is -3.42. The molecule has 4 rings (SSSR count). The van der Waals surface area contributed by atoms with Crippen LogP contribution in [0.25, 0.3) is 10.9 Å². The third kappa shape index (κ3) is 4.12. The molecule has 1 N–H and O–H groups in total. The van der Waals surface area contributed by atoms with Crippen molar-refractivity contribution in [3.05, 3.63) is 59.0 Å². The molecule has 0 radical (unpaired) electrons. The van der Waals surface area contributed by atoms with Crippen LogP contribution in [-0.4, -0.2) is 32.8 Å². The first kappa shape index (κ1) is 19.9. The van der Waals surface area contributed by atoms with Crippen LogP contribution < -0.4 is 10.9 Å². The molecule has 2 aromatic heterocycles. The van der Waals surface area contributed by atoms with E-state index in [9.17, 15) is 14.4 Å². The number of nitrogens with zero attached hydrogens (tertiary/aromatic N) is 3. The van der Waals surface area contributed by atoms with Gasteiger partial charge in [0.05, 0.1) is 36.0 Å². The van der Waals surface area contributed by atoms with Gasteiger partial charge in [-0.3, -0.25) is 19.0 Å². The maximum atomic E-state index is 12.7. The van der Waals surface area contributed by atoms with Crippen molar-refractivity contribution >= 4 is 28.4 Å². The van der Waals surface area contributed by atoms with Gasteiger partial charge in [-0.05, 0) is 36.2 Å². The minimum Gasteiger partial charge on any atom is -0.467 e. The zero-order valence-corrected chi connectivity index (χ0v) is 17.0. The SMILES string of the molecule is CC(C)Cn1cnc2ccc(NC(=O)[C@@H]3CC(=O)N(Cc4ccco4)C3)cc2c1=O. The molecule has 1 saturated heterocycles. The first-order valence-corrected chi connectivity index (χ1v) is 10.0. The third-order valence-electron chi connectivity index (χ3n) is 5.17. The van der Waals surface area contributed by atoms with E-state index in [4.69, 9.17) is 4.42 Å². The van der Waals surface area contributed by atoms with E-state index >= 15 is 0 Å². The number of nitrogens with one attached hydrogen (secondary N) is 1. The Kier molecular flexibility index (Phi) is 5.39. The second-order valence-electron chi connectivity index (χ2n) is 8.07. The Labute approximate surface area is 173 Å². The molecule has 2 amide bonds. The van der Waals surface area contributed by atoms with Crippen LogP contribution in [-0.2, 0) is 22.7 Å². The molecule has 1 aromatic carbocycles. The fourth-order valence-electron chi connectivity index (χ4n) is 3.70. The zero-order chi connectivity index (χ0) is 21.3. The first-order chi connectivity index (χ1) is 14.4. The molecule has 1 aliphatic rings. The standard InChI is InChI=1S/C22H24N4O4/c1-14(2)10-26-13-23-19-6-5-16(9-18(19)22(26)29)24-21(28)15-8-20(27)25(11-15)12-17-4-3-7-30-17/h3-7,9,13-15H,8,10-12H2,1-2H3,(H,24,28)/t15-/m1/s1. The van der Waals surface area contributed by atoms with Gasteiger partial charge in [0.25, 0.3) is 5.56 Å². The molecule has 1 fully saturated rings. The molecule has 3 heterocycles. The molecule has 0 saturated carbocycles. The lowest BCUT2D eigenvalue weighted by Gasteiger charge is -2.15. The Morgan fingerprint density at radius 3 is 2.87 bits per heavy atom. The number of furan rings is 1. The van der Waals surface area contributed by atoms with E-state index < -0.39 is 5.92 Å². The summed E-state index contributed by atoms with van der Waals surface area (Å²) in [7, 11) is 0. The monoisotopic (exact) mass is 408 g/mol. The number of anilines is 1. The zero-order valence-electron chi connectivity index (χ0n) is 17.0. The number of benzene rings is 1. The van der Waals surface area contributed by atoms with Gasteiger partial charge in [0, 0.05) is 25.2 Å². The topological polar surface area (TPSA) is 97.4 Å². The molecule has 156 valence electrons. The Morgan fingerprint density at radius 1 is 1.30 bits per heavy atom. The van der Waals surface area contributed by atoms with E-state index in [0.29, 0.717) is 47.9 Å². The highest BCUT2D eigenvalue weighted by molar-refractivity contribution is 5.98. The van der Waals surface area contributed by atoms with E-state index in [1.807, 2.05) is 13.8 Å². The molecular formula is C22H24N4O4. The molecular weight excluding hydrogens is 384 g/mol. The average molecular weight is 408 g/mol. The van der Waals surface area contributed by atoms with Crippen molar-refractivity contribution in [1.29, 1.82) is 0 Å². The summed E-state index contributed by atoms with van der Waals surface area (Å²) < 4.78 is 6.87. The van der Waals surface area contributed by atoms with Gasteiger partial charge in [-0.15, -0.1) is 0 Å². The summed E-state index contributed by atoms with van der Waals surface area (Å²) in [5, 5.41) is 3.30. The first-order valence-electron chi connectivity index (χ1n) is 10.0. The lowest BCUT2D eigenvalue weighted by molar-refractivity contribution is -0.128. The molecule has 8 heteroatoms. The summed E-state index contributed by atoms with van der Waals surface area (Å²) in [6.45, 7) is 5.33. The lowest BCUT2D eigenvalue weighted by Crippen LogP contribution is -2.28. The molecule has 0 bridgehead atoms. The van der Waals surface area contributed by atoms with Gasteiger partial charge in [0.2, 0.25) is 11.8 Å². The predicted octanol–water partition coefficient (Wildman–Crippen LogP) is 2.63. The van der Waals surface area contributed by atoms with Gasteiger partial charge < -0.3 is 14.6 Å². The normalized spacial score (nSPS) is 16.6. The molecule has 8 nitrogen and oxygen atoms in total. The molecule has 30 heavy (non-hydrogen) atoms. The van der Waals surface area contributed by atoms with Crippen molar-refractivity contribution < 1.29 is 14.0 Å². The number of fused-ring (bicyclic) bond motifs is 1. The fourth-order valence-corrected chi connectivity index (χ4v) is 3.70. The smallest absolute Gasteiger partial charge is 0.261 e. The Balaban J connectivity index is 1.48. The van der Waals surface area contributed by atoms with Gasteiger partial charge in [-0.1, -0.05) is 13.8 Å². The highest BCUT2D eigenvalue weighted by Crippen LogP contribution is 2.23. The van der Waals surface area contributed by atoms with Crippen molar-refractivity contribution in [3.63, 3.8) is 0 Å². The van der Waals surface area contributed by atoms with Gasteiger partial charge in [-0.2, -0.15) is 0 Å². The summed E-state index contributed by atoms with van der Waals surface area (Å²) in [6, 6.07) is 8.66. The van der Waals surface area contributed by atoms with Crippen LogP contribution in [0.5, 0.6) is 0 Å². The van der Waals surface area contributed by atoms with Gasteiger partial charge in [0.1, 0.15) is 5.76 Å². The molecule has 0 aliphatic carbocycles. The van der Waals surface area contributed by atoms with Crippen molar-refractivity contribution in [2.24, 2.45) is 11.8 Å². The highest BCUT2D eigenvalue weighted by Gasteiger charge is 2.34. The summed E-state index contributed by atoms with van der Waals surface area (Å²) in [4.78, 5) is 43.7. The number of rotatable bonds is 6. The number of amides is 2. The van der Waals surface area contributed by atoms with Crippen molar-refractivity contribution in [2.75, 3.05) is 11.9 Å². The molecule has 0 spiro atoms. The van der Waals surface area contributed by atoms with Crippen LogP contribution in [0.1, 0.15) is 26.0 Å². The van der Waals surface area contributed by atoms with Crippen molar-refractivity contribution in [2.45, 2.75) is 33.4 Å². The second kappa shape index (κ2) is 8.14. The van der Waals surface area contributed by atoms with Crippen LogP contribution in [0.3, 0.4) is 0 Å². The maximum Gasteiger partial charge on any atom is 0.261 e. The summed E-state index contributed by atoms with van der Waals surface area (Å²) in [5.74, 6) is 0.231. The maximum absolute atomic E-state index is 12.7. The quantitative estimate of drug-likeness (QED) is 0.676. The summed E-state index contributed by atoms with van der Waals surface area (Å²) in [5.41, 5.74) is 0.967. The minimum absolute atomic E-state index is 0.0779. The molecule has 0 unspecified atom stereocenters. The number of carbonyl (C=O) groups is 2. The van der Waals surface area contributed by atoms with Crippen LogP contribution in [0, 0.1) is 11.8 Å². The van der Waals surface area contributed by atoms with Crippen LogP contribution in [0.2, 0.25) is 0 Å². The fraction of sp³-hybridized carbons (Fsp3) is 0.364. The number of hydrogen-bond donors (Lipinski definition) is 1. The Bertz CT molecular complexity index is 1130. The van der Waals surface area contributed by atoms with E-state index in [1.165, 1.54) is 0 Å². The average Bonchev–Trinajstić information content (AvgIpc) is 3.35. The third-order valence-corrected chi connectivity index (χ3v) is 5.17. The van der Waals surface area contributed by atoms with E-state index in [2.05, 4.69) is 10.3 Å².